The molecule has 20 heavy (non-hydrogen) atoms. The van der Waals surface area contributed by atoms with Crippen LogP contribution in [0.2, 0.25) is 0 Å². The van der Waals surface area contributed by atoms with Gasteiger partial charge in [0.05, 0.1) is 0 Å². The Morgan fingerprint density at radius 1 is 1.10 bits per heavy atom. The van der Waals surface area contributed by atoms with Crippen LogP contribution in [0, 0.1) is 13.8 Å². The Hall–Kier alpha value is -1.49. The van der Waals surface area contributed by atoms with Crippen molar-refractivity contribution in [2.24, 2.45) is 0 Å². The van der Waals surface area contributed by atoms with Crippen molar-refractivity contribution in [3.8, 4) is 0 Å². The van der Waals surface area contributed by atoms with E-state index in [4.69, 9.17) is 5.84 Å². The lowest BCUT2D eigenvalue weighted by Crippen LogP contribution is -2.24. The molecule has 108 valence electrons. The molecule has 0 fully saturated rings. The Morgan fingerprint density at radius 2 is 1.70 bits per heavy atom. The molecule has 0 aliphatic heterocycles. The highest BCUT2D eigenvalue weighted by molar-refractivity contribution is 7.98. The lowest BCUT2D eigenvalue weighted by molar-refractivity contribution is 0.523. The van der Waals surface area contributed by atoms with E-state index in [-0.39, 0.29) is 5.41 Å². The SMILES string of the molecule is Cc1cc(C)cc(CSc2nnc(C(C)(C)C)n2N)c1. The lowest BCUT2D eigenvalue weighted by atomic mass is 9.96. The molecule has 0 saturated carbocycles. The van der Waals surface area contributed by atoms with Crippen LogP contribution < -0.4 is 5.84 Å². The van der Waals surface area contributed by atoms with Crippen LogP contribution >= 0.6 is 11.8 Å². The molecule has 0 amide bonds. The van der Waals surface area contributed by atoms with Gasteiger partial charge < -0.3 is 5.84 Å². The summed E-state index contributed by atoms with van der Waals surface area (Å²) in [5.41, 5.74) is 3.75. The van der Waals surface area contributed by atoms with Gasteiger partial charge in [-0.2, -0.15) is 0 Å². The quantitative estimate of drug-likeness (QED) is 0.696. The average molecular weight is 290 g/mol. The Morgan fingerprint density at radius 3 is 2.20 bits per heavy atom. The van der Waals surface area contributed by atoms with Gasteiger partial charge in [0.2, 0.25) is 5.16 Å². The Kier molecular flexibility index (Phi) is 4.09. The van der Waals surface area contributed by atoms with E-state index in [2.05, 4.69) is 63.0 Å². The van der Waals surface area contributed by atoms with Gasteiger partial charge in [-0.05, 0) is 19.4 Å². The van der Waals surface area contributed by atoms with Gasteiger partial charge in [-0.25, -0.2) is 4.68 Å². The molecule has 0 spiro atoms. The molecular formula is C15H22N4S. The molecule has 1 aromatic carbocycles. The maximum absolute atomic E-state index is 6.08. The predicted molar refractivity (Wildman–Crippen MR) is 84.3 cm³/mol. The summed E-state index contributed by atoms with van der Waals surface area (Å²) < 4.78 is 1.60. The second-order valence-corrected chi connectivity index (χ2v) is 7.15. The highest BCUT2D eigenvalue weighted by Crippen LogP contribution is 2.25. The Labute approximate surface area is 124 Å². The minimum Gasteiger partial charge on any atom is -0.336 e. The topological polar surface area (TPSA) is 56.7 Å². The number of benzene rings is 1. The van der Waals surface area contributed by atoms with Crippen molar-refractivity contribution in [2.45, 2.75) is 50.9 Å². The van der Waals surface area contributed by atoms with Gasteiger partial charge in [-0.1, -0.05) is 61.9 Å². The van der Waals surface area contributed by atoms with Crippen molar-refractivity contribution < 1.29 is 0 Å². The summed E-state index contributed by atoms with van der Waals surface area (Å²) in [5, 5.41) is 9.15. The first-order valence-electron chi connectivity index (χ1n) is 6.68. The normalized spacial score (nSPS) is 11.8. The predicted octanol–water partition coefficient (Wildman–Crippen LogP) is 3.20. The number of hydrogen-bond acceptors (Lipinski definition) is 4. The summed E-state index contributed by atoms with van der Waals surface area (Å²) in [7, 11) is 0. The third-order valence-electron chi connectivity index (χ3n) is 2.98. The van der Waals surface area contributed by atoms with Gasteiger partial charge in [0.25, 0.3) is 0 Å². The molecular weight excluding hydrogens is 268 g/mol. The monoisotopic (exact) mass is 290 g/mol. The van der Waals surface area contributed by atoms with Crippen LogP contribution in [0.3, 0.4) is 0 Å². The summed E-state index contributed by atoms with van der Waals surface area (Å²) >= 11 is 1.62. The van der Waals surface area contributed by atoms with E-state index in [1.54, 1.807) is 16.4 Å². The van der Waals surface area contributed by atoms with Crippen molar-refractivity contribution in [1.82, 2.24) is 14.9 Å². The summed E-state index contributed by atoms with van der Waals surface area (Å²) in [6.45, 7) is 10.5. The van der Waals surface area contributed by atoms with Crippen LogP contribution in [-0.4, -0.2) is 14.9 Å². The number of nitrogen functional groups attached to an aromatic ring is 1. The minimum atomic E-state index is -0.0967. The molecule has 0 saturated heterocycles. The van der Waals surface area contributed by atoms with Crippen molar-refractivity contribution >= 4 is 11.8 Å². The van der Waals surface area contributed by atoms with Gasteiger partial charge in [0.1, 0.15) is 0 Å². The van der Waals surface area contributed by atoms with Crippen LogP contribution in [0.4, 0.5) is 0 Å². The molecule has 0 aliphatic rings. The zero-order chi connectivity index (χ0) is 14.9. The number of nitrogens with zero attached hydrogens (tertiary/aromatic N) is 3. The fraction of sp³-hybridized carbons (Fsp3) is 0.467. The van der Waals surface area contributed by atoms with Crippen molar-refractivity contribution in [1.29, 1.82) is 0 Å². The smallest absolute Gasteiger partial charge is 0.210 e. The summed E-state index contributed by atoms with van der Waals surface area (Å²) in [5.74, 6) is 7.74. The van der Waals surface area contributed by atoms with Gasteiger partial charge >= 0.3 is 0 Å². The van der Waals surface area contributed by atoms with E-state index < -0.39 is 0 Å². The fourth-order valence-corrected chi connectivity index (χ4v) is 2.97. The zero-order valence-corrected chi connectivity index (χ0v) is 13.6. The van der Waals surface area contributed by atoms with Crippen LogP contribution in [0.5, 0.6) is 0 Å². The van der Waals surface area contributed by atoms with Crippen LogP contribution in [0.15, 0.2) is 23.4 Å². The summed E-state index contributed by atoms with van der Waals surface area (Å²) in [6, 6.07) is 6.57. The molecule has 1 aromatic heterocycles. The molecule has 0 atom stereocenters. The molecule has 0 radical (unpaired) electrons. The highest BCUT2D eigenvalue weighted by atomic mass is 32.2. The first-order chi connectivity index (χ1) is 9.27. The number of hydrogen-bond donors (Lipinski definition) is 1. The Balaban J connectivity index is 2.14. The van der Waals surface area contributed by atoms with Crippen LogP contribution in [0.1, 0.15) is 43.3 Å². The van der Waals surface area contributed by atoms with Gasteiger partial charge in [-0.15, -0.1) is 10.2 Å². The van der Waals surface area contributed by atoms with E-state index in [0.29, 0.717) is 0 Å². The number of nitrogens with two attached hydrogens (primary N) is 1. The van der Waals surface area contributed by atoms with E-state index in [1.165, 1.54) is 16.7 Å². The second kappa shape index (κ2) is 5.48. The van der Waals surface area contributed by atoms with Gasteiger partial charge in [0.15, 0.2) is 5.82 Å². The molecule has 0 unspecified atom stereocenters. The molecule has 2 N–H and O–H groups in total. The maximum Gasteiger partial charge on any atom is 0.210 e. The molecule has 2 rings (SSSR count). The number of aromatic nitrogens is 3. The fourth-order valence-electron chi connectivity index (χ4n) is 2.19. The number of rotatable bonds is 3. The van der Waals surface area contributed by atoms with Gasteiger partial charge in [0, 0.05) is 11.2 Å². The third-order valence-corrected chi connectivity index (χ3v) is 4.00. The van der Waals surface area contributed by atoms with Crippen LogP contribution in [0.25, 0.3) is 0 Å². The highest BCUT2D eigenvalue weighted by Gasteiger charge is 2.22. The molecule has 2 aromatic rings. The van der Waals surface area contributed by atoms with Crippen LogP contribution in [-0.2, 0) is 11.2 Å². The summed E-state index contributed by atoms with van der Waals surface area (Å²) in [4.78, 5) is 0. The second-order valence-electron chi connectivity index (χ2n) is 6.21. The largest absolute Gasteiger partial charge is 0.336 e. The van der Waals surface area contributed by atoms with E-state index in [1.807, 2.05) is 0 Å². The van der Waals surface area contributed by atoms with Gasteiger partial charge in [-0.3, -0.25) is 0 Å². The molecule has 1 heterocycles. The minimum absolute atomic E-state index is 0.0967. The molecule has 0 aliphatic carbocycles. The van der Waals surface area contributed by atoms with E-state index in [0.717, 1.165) is 16.7 Å². The molecule has 4 nitrogen and oxygen atoms in total. The van der Waals surface area contributed by atoms with E-state index >= 15 is 0 Å². The third kappa shape index (κ3) is 3.33. The molecule has 0 bridgehead atoms. The summed E-state index contributed by atoms with van der Waals surface area (Å²) in [6.07, 6.45) is 0. The lowest BCUT2D eigenvalue weighted by Gasteiger charge is -2.16. The Bertz CT molecular complexity index is 591. The first-order valence-corrected chi connectivity index (χ1v) is 7.67. The molecule has 5 heteroatoms. The zero-order valence-electron chi connectivity index (χ0n) is 12.8. The first kappa shape index (κ1) is 14.9. The van der Waals surface area contributed by atoms with Crippen molar-refractivity contribution in [3.05, 3.63) is 40.7 Å². The van der Waals surface area contributed by atoms with E-state index in [9.17, 15) is 0 Å². The van der Waals surface area contributed by atoms with Crippen molar-refractivity contribution in [3.63, 3.8) is 0 Å². The average Bonchev–Trinajstić information content (AvgIpc) is 2.66. The number of thioether (sulfide) groups is 1. The standard InChI is InChI=1S/C15H22N4S/c1-10-6-11(2)8-12(7-10)9-20-14-18-17-13(19(14)16)15(3,4)5/h6-8H,9,16H2,1-5H3. The number of aryl methyl sites for hydroxylation is 2. The maximum atomic E-state index is 6.08. The van der Waals surface area contributed by atoms with Crippen molar-refractivity contribution in [2.75, 3.05) is 5.84 Å².